The van der Waals surface area contributed by atoms with Crippen molar-refractivity contribution < 1.29 is 4.74 Å². The molecule has 0 unspecified atom stereocenters. The maximum atomic E-state index is 5.15. The molecule has 1 rings (SSSR count). The van der Waals surface area contributed by atoms with E-state index in [2.05, 4.69) is 17.0 Å². The average molecular weight is 184 g/mol. The van der Waals surface area contributed by atoms with Crippen molar-refractivity contribution in [2.24, 2.45) is 5.10 Å². The summed E-state index contributed by atoms with van der Waals surface area (Å²) in [7, 11) is 1.76. The molecule has 3 nitrogen and oxygen atoms in total. The summed E-state index contributed by atoms with van der Waals surface area (Å²) in [5.41, 5.74) is 0. The van der Waals surface area contributed by atoms with Crippen molar-refractivity contribution in [3.8, 4) is 0 Å². The molecule has 0 spiro atoms. The first-order valence-corrected chi connectivity index (χ1v) is 5.16. The molecule has 0 amide bonds. The average Bonchev–Trinajstić information content (AvgIpc) is 2.54. The number of rotatable bonds is 5. The Morgan fingerprint density at radius 2 is 2.46 bits per heavy atom. The minimum atomic E-state index is 0.512. The van der Waals surface area contributed by atoms with Gasteiger partial charge in [-0.2, -0.15) is 5.10 Å². The fourth-order valence-corrected chi connectivity index (χ4v) is 1.63. The van der Waals surface area contributed by atoms with Crippen LogP contribution in [0.15, 0.2) is 5.10 Å². The van der Waals surface area contributed by atoms with E-state index in [0.29, 0.717) is 6.04 Å². The van der Waals surface area contributed by atoms with Crippen LogP contribution in [0.25, 0.3) is 0 Å². The predicted molar refractivity (Wildman–Crippen MR) is 55.0 cm³/mol. The van der Waals surface area contributed by atoms with Crippen molar-refractivity contribution >= 4 is 6.21 Å². The molecule has 0 radical (unpaired) electrons. The zero-order chi connectivity index (χ0) is 9.52. The molecule has 0 saturated carbocycles. The number of hydrogen-bond donors (Lipinski definition) is 0. The number of ether oxygens (including phenoxy) is 1. The van der Waals surface area contributed by atoms with Crippen LogP contribution < -0.4 is 0 Å². The second-order valence-electron chi connectivity index (χ2n) is 3.50. The van der Waals surface area contributed by atoms with Gasteiger partial charge in [0.25, 0.3) is 0 Å². The van der Waals surface area contributed by atoms with Gasteiger partial charge in [-0.25, -0.2) is 0 Å². The molecule has 0 aromatic carbocycles. The zero-order valence-electron chi connectivity index (χ0n) is 8.70. The van der Waals surface area contributed by atoms with Gasteiger partial charge in [0.15, 0.2) is 0 Å². The monoisotopic (exact) mass is 184 g/mol. The highest BCUT2D eigenvalue weighted by Gasteiger charge is 2.22. The summed E-state index contributed by atoms with van der Waals surface area (Å²) < 4.78 is 5.15. The number of unbranched alkanes of at least 4 members (excludes halogenated alkanes) is 1. The van der Waals surface area contributed by atoms with Gasteiger partial charge in [-0.05, 0) is 19.3 Å². The van der Waals surface area contributed by atoms with E-state index in [1.807, 2.05) is 6.21 Å². The van der Waals surface area contributed by atoms with E-state index >= 15 is 0 Å². The van der Waals surface area contributed by atoms with Gasteiger partial charge in [0.1, 0.15) is 0 Å². The summed E-state index contributed by atoms with van der Waals surface area (Å²) in [5.74, 6) is 0. The molecule has 0 aromatic heterocycles. The summed E-state index contributed by atoms with van der Waals surface area (Å²) in [6.07, 6.45) is 6.74. The minimum absolute atomic E-state index is 0.512. The molecule has 1 saturated heterocycles. The van der Waals surface area contributed by atoms with E-state index in [-0.39, 0.29) is 0 Å². The first-order chi connectivity index (χ1) is 6.38. The molecule has 3 heteroatoms. The van der Waals surface area contributed by atoms with Gasteiger partial charge in [0.05, 0.1) is 12.6 Å². The normalized spacial score (nSPS) is 23.2. The lowest BCUT2D eigenvalue weighted by molar-refractivity contribution is 0.118. The highest BCUT2D eigenvalue weighted by Crippen LogP contribution is 2.17. The Hall–Kier alpha value is -0.570. The number of hydrazone groups is 1. The Kier molecular flexibility index (Phi) is 4.83. The fourth-order valence-electron chi connectivity index (χ4n) is 1.63. The third kappa shape index (κ3) is 3.35. The van der Waals surface area contributed by atoms with E-state index < -0.39 is 0 Å². The van der Waals surface area contributed by atoms with Crippen molar-refractivity contribution in [3.05, 3.63) is 0 Å². The lowest BCUT2D eigenvalue weighted by atomic mass is 10.2. The number of hydrogen-bond acceptors (Lipinski definition) is 3. The molecule has 1 aliphatic heterocycles. The molecule has 1 fully saturated rings. The first kappa shape index (κ1) is 10.5. The number of methoxy groups -OCH3 is 1. The van der Waals surface area contributed by atoms with Gasteiger partial charge in [0.2, 0.25) is 0 Å². The summed E-state index contributed by atoms with van der Waals surface area (Å²) in [6, 6.07) is 0.512. The Morgan fingerprint density at radius 3 is 3.15 bits per heavy atom. The predicted octanol–water partition coefficient (Wildman–Crippen LogP) is 1.88. The van der Waals surface area contributed by atoms with Gasteiger partial charge in [0, 0.05) is 19.9 Å². The van der Waals surface area contributed by atoms with Crippen molar-refractivity contribution in [2.45, 2.75) is 38.6 Å². The van der Waals surface area contributed by atoms with Gasteiger partial charge in [-0.1, -0.05) is 13.3 Å². The Labute approximate surface area is 80.8 Å². The van der Waals surface area contributed by atoms with Crippen molar-refractivity contribution in [2.75, 3.05) is 20.3 Å². The molecule has 1 heterocycles. The Balaban J connectivity index is 2.30. The van der Waals surface area contributed by atoms with Crippen molar-refractivity contribution in [1.82, 2.24) is 5.01 Å². The van der Waals surface area contributed by atoms with Crippen LogP contribution in [0.1, 0.15) is 32.6 Å². The summed E-state index contributed by atoms with van der Waals surface area (Å²) in [5, 5.41) is 6.61. The maximum Gasteiger partial charge on any atom is 0.0704 e. The van der Waals surface area contributed by atoms with Crippen LogP contribution in [-0.2, 0) is 4.74 Å². The molecule has 0 aliphatic carbocycles. The van der Waals surface area contributed by atoms with Gasteiger partial charge in [-0.3, -0.25) is 5.01 Å². The van der Waals surface area contributed by atoms with E-state index in [1.165, 1.54) is 19.3 Å². The summed E-state index contributed by atoms with van der Waals surface area (Å²) >= 11 is 0. The smallest absolute Gasteiger partial charge is 0.0704 e. The second kappa shape index (κ2) is 5.97. The SMILES string of the molecule is CCC/C=N/N1CCC[C@H]1COC. The van der Waals surface area contributed by atoms with E-state index in [4.69, 9.17) is 4.74 Å². The van der Waals surface area contributed by atoms with Gasteiger partial charge in [-0.15, -0.1) is 0 Å². The lowest BCUT2D eigenvalue weighted by Crippen LogP contribution is -2.28. The van der Waals surface area contributed by atoms with E-state index in [9.17, 15) is 0 Å². The third-order valence-electron chi connectivity index (χ3n) is 2.35. The Morgan fingerprint density at radius 1 is 1.62 bits per heavy atom. The number of nitrogens with zero attached hydrogens (tertiary/aromatic N) is 2. The molecule has 1 atom stereocenters. The summed E-state index contributed by atoms with van der Waals surface area (Å²) in [4.78, 5) is 0. The molecule has 76 valence electrons. The first-order valence-electron chi connectivity index (χ1n) is 5.16. The highest BCUT2D eigenvalue weighted by atomic mass is 16.5. The molecular formula is C10H20N2O. The molecule has 0 aromatic rings. The lowest BCUT2D eigenvalue weighted by Gasteiger charge is -2.20. The van der Waals surface area contributed by atoms with E-state index in [0.717, 1.165) is 19.6 Å². The van der Waals surface area contributed by atoms with Crippen LogP contribution in [0.5, 0.6) is 0 Å². The standard InChI is InChI=1S/C10H20N2O/c1-3-4-7-11-12-8-5-6-10(12)9-13-2/h7,10H,3-6,8-9H2,1-2H3/b11-7+/t10-/m0/s1. The van der Waals surface area contributed by atoms with Crippen LogP contribution in [-0.4, -0.2) is 37.5 Å². The molecular weight excluding hydrogens is 164 g/mol. The van der Waals surface area contributed by atoms with E-state index in [1.54, 1.807) is 7.11 Å². The minimum Gasteiger partial charge on any atom is -0.382 e. The quantitative estimate of drug-likeness (QED) is 0.609. The third-order valence-corrected chi connectivity index (χ3v) is 2.35. The molecule has 0 bridgehead atoms. The summed E-state index contributed by atoms with van der Waals surface area (Å²) in [6.45, 7) is 4.07. The maximum absolute atomic E-state index is 5.15. The fraction of sp³-hybridized carbons (Fsp3) is 0.900. The van der Waals surface area contributed by atoms with Crippen molar-refractivity contribution in [3.63, 3.8) is 0 Å². The van der Waals surface area contributed by atoms with Crippen LogP contribution in [0, 0.1) is 0 Å². The van der Waals surface area contributed by atoms with Gasteiger partial charge >= 0.3 is 0 Å². The Bertz CT molecular complexity index is 159. The van der Waals surface area contributed by atoms with Crippen LogP contribution in [0.2, 0.25) is 0 Å². The van der Waals surface area contributed by atoms with Crippen LogP contribution in [0.3, 0.4) is 0 Å². The molecule has 13 heavy (non-hydrogen) atoms. The topological polar surface area (TPSA) is 24.8 Å². The van der Waals surface area contributed by atoms with Crippen LogP contribution >= 0.6 is 0 Å². The van der Waals surface area contributed by atoms with Gasteiger partial charge < -0.3 is 4.74 Å². The molecule has 1 aliphatic rings. The highest BCUT2D eigenvalue weighted by molar-refractivity contribution is 5.56. The van der Waals surface area contributed by atoms with Crippen LogP contribution in [0.4, 0.5) is 0 Å². The molecule has 0 N–H and O–H groups in total. The largest absolute Gasteiger partial charge is 0.382 e. The van der Waals surface area contributed by atoms with Crippen molar-refractivity contribution in [1.29, 1.82) is 0 Å². The zero-order valence-corrected chi connectivity index (χ0v) is 8.70. The second-order valence-corrected chi connectivity index (χ2v) is 3.50.